The number of rotatable bonds is 4. The number of phenolic OH excluding ortho intramolecular Hbond substituents is 1. The summed E-state index contributed by atoms with van der Waals surface area (Å²) in [6.07, 6.45) is 4.54. The first-order chi connectivity index (χ1) is 11.5. The summed E-state index contributed by atoms with van der Waals surface area (Å²) < 4.78 is 0. The van der Waals surface area contributed by atoms with E-state index in [4.69, 9.17) is 28.9 Å². The van der Waals surface area contributed by atoms with Crippen LogP contribution in [0.2, 0.25) is 10.0 Å². The second-order valence-electron chi connectivity index (χ2n) is 7.05. The van der Waals surface area contributed by atoms with Crippen LogP contribution in [-0.2, 0) is 4.79 Å². The number of ketones is 1. The molecule has 0 bridgehead atoms. The third-order valence-corrected chi connectivity index (χ3v) is 6.30. The van der Waals surface area contributed by atoms with Crippen LogP contribution < -0.4 is 11.1 Å². The number of benzene rings is 1. The zero-order chi connectivity index (χ0) is 17.3. The van der Waals surface area contributed by atoms with Crippen LogP contribution in [0.4, 0.5) is 0 Å². The Labute approximate surface area is 152 Å². The van der Waals surface area contributed by atoms with Crippen LogP contribution in [0.25, 0.3) is 0 Å². The van der Waals surface area contributed by atoms with E-state index in [1.807, 2.05) is 0 Å². The minimum atomic E-state index is -0.288. The van der Waals surface area contributed by atoms with Crippen molar-refractivity contribution >= 4 is 29.0 Å². The molecule has 0 spiro atoms. The van der Waals surface area contributed by atoms with Gasteiger partial charge in [-0.15, -0.1) is 0 Å². The Bertz CT molecular complexity index is 609. The number of nitrogens with two attached hydrogens (primary N) is 1. The predicted octanol–water partition coefficient (Wildman–Crippen LogP) is 3.68. The molecule has 4 N–H and O–H groups in total. The lowest BCUT2D eigenvalue weighted by molar-refractivity contribution is -0.127. The highest BCUT2D eigenvalue weighted by molar-refractivity contribution is 6.42. The maximum atomic E-state index is 12.5. The Balaban J connectivity index is 1.62. The van der Waals surface area contributed by atoms with Crippen LogP contribution in [0.3, 0.4) is 0 Å². The molecule has 2 atom stereocenters. The van der Waals surface area contributed by atoms with Gasteiger partial charge in [0.25, 0.3) is 0 Å². The summed E-state index contributed by atoms with van der Waals surface area (Å²) in [5.74, 6) is 1.12. The van der Waals surface area contributed by atoms with Crippen LogP contribution in [-0.4, -0.2) is 24.0 Å². The Hall–Kier alpha value is -0.810. The van der Waals surface area contributed by atoms with E-state index in [0.29, 0.717) is 21.4 Å². The van der Waals surface area contributed by atoms with Crippen LogP contribution >= 0.6 is 23.2 Å². The van der Waals surface area contributed by atoms with Gasteiger partial charge in [0.1, 0.15) is 11.5 Å². The highest BCUT2D eigenvalue weighted by Crippen LogP contribution is 2.41. The summed E-state index contributed by atoms with van der Waals surface area (Å²) in [6, 6.07) is 2.82. The Morgan fingerprint density at radius 3 is 2.42 bits per heavy atom. The van der Waals surface area contributed by atoms with E-state index in [-0.39, 0.29) is 29.5 Å². The van der Waals surface area contributed by atoms with Crippen molar-refractivity contribution in [2.75, 3.05) is 13.1 Å². The number of carbonyl (C=O) groups is 1. The molecule has 3 rings (SSSR count). The van der Waals surface area contributed by atoms with Crippen LogP contribution in [0.1, 0.15) is 43.7 Å². The monoisotopic (exact) mass is 370 g/mol. The third-order valence-electron chi connectivity index (χ3n) is 5.57. The number of aromatic hydroxyl groups is 1. The van der Waals surface area contributed by atoms with Crippen molar-refractivity contribution in [3.63, 3.8) is 0 Å². The summed E-state index contributed by atoms with van der Waals surface area (Å²) in [6.45, 7) is 1.78. The lowest BCUT2D eigenvalue weighted by Crippen LogP contribution is -2.32. The van der Waals surface area contributed by atoms with Gasteiger partial charge in [-0.25, -0.2) is 0 Å². The molecule has 24 heavy (non-hydrogen) atoms. The molecule has 1 saturated carbocycles. The highest BCUT2D eigenvalue weighted by atomic mass is 35.5. The molecule has 6 heteroatoms. The molecule has 1 aromatic carbocycles. The maximum Gasteiger partial charge on any atom is 0.140 e. The molecule has 1 aliphatic heterocycles. The SMILES string of the molecule is N[C@H](c1cc(Cl)c(Cl)cc1O)C1CCC(C(=O)[C@H]2CCNC2)CC1. The van der Waals surface area contributed by atoms with Crippen LogP contribution in [0.5, 0.6) is 5.75 Å². The average molecular weight is 371 g/mol. The molecule has 0 aromatic heterocycles. The first-order valence-corrected chi connectivity index (χ1v) is 9.41. The van der Waals surface area contributed by atoms with Gasteiger partial charge in [0.05, 0.1) is 10.0 Å². The van der Waals surface area contributed by atoms with E-state index in [9.17, 15) is 9.90 Å². The van der Waals surface area contributed by atoms with E-state index in [0.717, 1.165) is 45.2 Å². The highest BCUT2D eigenvalue weighted by Gasteiger charge is 2.34. The van der Waals surface area contributed by atoms with E-state index in [2.05, 4.69) is 5.32 Å². The van der Waals surface area contributed by atoms with E-state index >= 15 is 0 Å². The molecule has 0 radical (unpaired) electrons. The lowest BCUT2D eigenvalue weighted by Gasteiger charge is -2.33. The van der Waals surface area contributed by atoms with Crippen molar-refractivity contribution < 1.29 is 9.90 Å². The molecule has 2 aliphatic rings. The van der Waals surface area contributed by atoms with Crippen molar-refractivity contribution in [1.29, 1.82) is 0 Å². The van der Waals surface area contributed by atoms with Gasteiger partial charge < -0.3 is 16.2 Å². The number of hydrogen-bond acceptors (Lipinski definition) is 4. The van der Waals surface area contributed by atoms with Crippen molar-refractivity contribution in [3.05, 3.63) is 27.7 Å². The zero-order valence-corrected chi connectivity index (χ0v) is 15.1. The summed E-state index contributed by atoms with van der Waals surface area (Å²) in [4.78, 5) is 12.5. The first kappa shape index (κ1) is 18.0. The van der Waals surface area contributed by atoms with Gasteiger partial charge in [-0.1, -0.05) is 23.2 Å². The number of nitrogens with one attached hydrogen (secondary N) is 1. The number of Topliss-reactive ketones (excluding diaryl/α,β-unsaturated/α-hetero) is 1. The topological polar surface area (TPSA) is 75.3 Å². The Morgan fingerprint density at radius 2 is 1.79 bits per heavy atom. The lowest BCUT2D eigenvalue weighted by atomic mass is 9.73. The number of phenols is 1. The molecule has 1 saturated heterocycles. The average Bonchev–Trinajstić information content (AvgIpc) is 3.11. The van der Waals surface area contributed by atoms with Gasteiger partial charge in [0.2, 0.25) is 0 Å². The van der Waals surface area contributed by atoms with Crippen molar-refractivity contribution in [2.45, 2.75) is 38.1 Å². The molecule has 1 aliphatic carbocycles. The Morgan fingerprint density at radius 1 is 1.12 bits per heavy atom. The fraction of sp³-hybridized carbons (Fsp3) is 0.611. The van der Waals surface area contributed by atoms with Crippen molar-refractivity contribution in [1.82, 2.24) is 5.32 Å². The normalized spacial score (nSPS) is 28.7. The van der Waals surface area contributed by atoms with Gasteiger partial charge in [-0.3, -0.25) is 4.79 Å². The summed E-state index contributed by atoms with van der Waals surface area (Å²) >= 11 is 12.0. The van der Waals surface area contributed by atoms with Gasteiger partial charge in [-0.2, -0.15) is 0 Å². The molecule has 4 nitrogen and oxygen atoms in total. The fourth-order valence-electron chi connectivity index (χ4n) is 4.07. The van der Waals surface area contributed by atoms with Crippen LogP contribution in [0, 0.1) is 17.8 Å². The molecule has 132 valence electrons. The second-order valence-corrected chi connectivity index (χ2v) is 7.87. The predicted molar refractivity (Wildman–Crippen MR) is 96.5 cm³/mol. The van der Waals surface area contributed by atoms with E-state index < -0.39 is 0 Å². The summed E-state index contributed by atoms with van der Waals surface area (Å²) in [5, 5.41) is 14.1. The molecule has 1 heterocycles. The Kier molecular flexibility index (Phi) is 5.70. The van der Waals surface area contributed by atoms with Crippen molar-refractivity contribution in [3.8, 4) is 5.75 Å². The zero-order valence-electron chi connectivity index (χ0n) is 13.6. The molecular formula is C18H24Cl2N2O2. The maximum absolute atomic E-state index is 12.5. The molecule has 1 aromatic rings. The first-order valence-electron chi connectivity index (χ1n) is 8.65. The smallest absolute Gasteiger partial charge is 0.140 e. The van der Waals surface area contributed by atoms with Gasteiger partial charge >= 0.3 is 0 Å². The minimum absolute atomic E-state index is 0.0899. The summed E-state index contributed by atoms with van der Waals surface area (Å²) in [7, 11) is 0. The number of hydrogen-bond donors (Lipinski definition) is 3. The van der Waals surface area contributed by atoms with E-state index in [1.165, 1.54) is 6.07 Å². The van der Waals surface area contributed by atoms with Crippen molar-refractivity contribution in [2.24, 2.45) is 23.5 Å². The van der Waals surface area contributed by atoms with Gasteiger partial charge in [-0.05, 0) is 50.6 Å². The number of halogens is 2. The standard InChI is InChI=1S/C18H24Cl2N2O2/c19-14-7-13(16(23)8-15(14)20)17(21)10-1-3-11(4-2-10)18(24)12-5-6-22-9-12/h7-8,10-12,17,22-23H,1-6,9,21H2/t10?,11?,12-,17-/m0/s1. The fourth-order valence-corrected chi connectivity index (χ4v) is 4.40. The second kappa shape index (κ2) is 7.61. The van der Waals surface area contributed by atoms with Gasteiger partial charge in [0.15, 0.2) is 0 Å². The minimum Gasteiger partial charge on any atom is -0.508 e. The molecule has 2 fully saturated rings. The van der Waals surface area contributed by atoms with E-state index in [1.54, 1.807) is 6.07 Å². The largest absolute Gasteiger partial charge is 0.508 e. The van der Waals surface area contributed by atoms with Crippen LogP contribution in [0.15, 0.2) is 12.1 Å². The molecular weight excluding hydrogens is 347 g/mol. The quantitative estimate of drug-likeness (QED) is 0.755. The number of carbonyl (C=O) groups excluding carboxylic acids is 1. The molecule has 0 amide bonds. The van der Waals surface area contributed by atoms with Gasteiger partial charge in [0, 0.05) is 36.1 Å². The third kappa shape index (κ3) is 3.72. The summed E-state index contributed by atoms with van der Waals surface area (Å²) in [5.41, 5.74) is 7.01. The molecule has 0 unspecified atom stereocenters.